The zero-order valence-corrected chi connectivity index (χ0v) is 16.8. The van der Waals surface area contributed by atoms with Gasteiger partial charge in [-0.3, -0.25) is 4.99 Å². The molecule has 0 radical (unpaired) electrons. The Morgan fingerprint density at radius 1 is 1.37 bits per heavy atom. The molecule has 2 atom stereocenters. The Morgan fingerprint density at radius 3 is 2.74 bits per heavy atom. The topological polar surface area (TPSA) is 103 Å². The number of allylic oxidation sites excluding steroid dienone is 1. The number of aliphatic imine (C=N–C) groups is 1. The lowest BCUT2D eigenvalue weighted by molar-refractivity contribution is 0.229. The fourth-order valence-electron chi connectivity index (χ4n) is 3.12. The third-order valence-corrected chi connectivity index (χ3v) is 5.51. The Hall–Kier alpha value is -1.90. The van der Waals surface area contributed by atoms with Crippen LogP contribution in [0.3, 0.4) is 0 Å². The molecule has 4 N–H and O–H groups in total. The second-order valence-corrected chi connectivity index (χ2v) is 7.63. The molecule has 1 aliphatic rings. The highest BCUT2D eigenvalue weighted by molar-refractivity contribution is 8.17. The lowest BCUT2D eigenvalue weighted by Crippen LogP contribution is -2.21. The van der Waals surface area contributed by atoms with Crippen molar-refractivity contribution in [2.75, 3.05) is 37.4 Å². The second kappa shape index (κ2) is 10.4. The van der Waals surface area contributed by atoms with Crippen LogP contribution in [0.5, 0.6) is 0 Å². The van der Waals surface area contributed by atoms with Gasteiger partial charge in [0.25, 0.3) is 0 Å². The Morgan fingerprint density at radius 2 is 2.15 bits per heavy atom. The lowest BCUT2D eigenvalue weighted by Gasteiger charge is -2.20. The molecule has 0 unspecified atom stereocenters. The number of anilines is 2. The van der Waals surface area contributed by atoms with E-state index in [0.717, 1.165) is 40.5 Å². The van der Waals surface area contributed by atoms with E-state index in [4.69, 9.17) is 5.11 Å². The van der Waals surface area contributed by atoms with Crippen LogP contribution in [0, 0.1) is 12.8 Å². The number of aliphatic hydroxyl groups excluding tert-OH is 2. The molecular formula is C19H29N5O2S. The van der Waals surface area contributed by atoms with E-state index in [-0.39, 0.29) is 19.3 Å². The first-order chi connectivity index (χ1) is 13.0. The largest absolute Gasteiger partial charge is 0.396 e. The summed E-state index contributed by atoms with van der Waals surface area (Å²) in [5.41, 5.74) is 1.63. The predicted molar refractivity (Wildman–Crippen MR) is 114 cm³/mol. The zero-order chi connectivity index (χ0) is 19.8. The number of thioether (sulfide) groups is 1. The predicted octanol–water partition coefficient (Wildman–Crippen LogP) is 2.57. The van der Waals surface area contributed by atoms with Crippen LogP contribution in [-0.4, -0.2) is 58.1 Å². The number of hydrogen-bond donors (Lipinski definition) is 4. The molecule has 148 valence electrons. The summed E-state index contributed by atoms with van der Waals surface area (Å²) in [4.78, 5) is 14.4. The number of nitrogens with zero attached hydrogens (tertiary/aromatic N) is 3. The van der Waals surface area contributed by atoms with Crippen molar-refractivity contribution in [1.29, 1.82) is 0 Å². The second-order valence-electron chi connectivity index (χ2n) is 6.51. The van der Waals surface area contributed by atoms with Crippen LogP contribution in [0.1, 0.15) is 30.5 Å². The normalized spacial score (nSPS) is 19.8. The molecule has 1 saturated carbocycles. The van der Waals surface area contributed by atoms with Crippen molar-refractivity contribution in [3.63, 3.8) is 0 Å². The van der Waals surface area contributed by atoms with Gasteiger partial charge in [0.05, 0.1) is 17.9 Å². The molecule has 0 amide bonds. The molecule has 0 saturated heterocycles. The van der Waals surface area contributed by atoms with Crippen molar-refractivity contribution in [2.45, 2.75) is 32.2 Å². The number of aryl methyl sites for hydroxylation is 1. The van der Waals surface area contributed by atoms with Crippen molar-refractivity contribution >= 4 is 28.6 Å². The van der Waals surface area contributed by atoms with Crippen LogP contribution < -0.4 is 10.6 Å². The molecule has 0 aliphatic heterocycles. The molecule has 0 bridgehead atoms. The molecule has 8 heteroatoms. The van der Waals surface area contributed by atoms with Gasteiger partial charge >= 0.3 is 0 Å². The molecule has 1 fully saturated rings. The van der Waals surface area contributed by atoms with Gasteiger partial charge in [-0.05, 0) is 32.1 Å². The maximum absolute atomic E-state index is 9.41. The number of aromatic nitrogens is 2. The standard InChI is InChI=1S/C19H29N5O2S/c1-5-12(2)27-18(20-4)16-13(3)22-19(21-8-9-25)24-17(16)23-15-7-6-14(10-15)11-26/h5,14-15,25-26H,1-2,6-11H2,3-4H3,(H2,21,22,23,24)/t14-,15+/m1/s1. The quantitative estimate of drug-likeness (QED) is 0.291. The summed E-state index contributed by atoms with van der Waals surface area (Å²) < 4.78 is 0. The molecular weight excluding hydrogens is 362 g/mol. The monoisotopic (exact) mass is 391 g/mol. The first kappa shape index (κ1) is 21.4. The minimum atomic E-state index is 0.00437. The molecule has 0 spiro atoms. The van der Waals surface area contributed by atoms with Gasteiger partial charge in [0, 0.05) is 31.1 Å². The first-order valence-corrected chi connectivity index (χ1v) is 9.91. The zero-order valence-electron chi connectivity index (χ0n) is 16.0. The minimum Gasteiger partial charge on any atom is -0.396 e. The van der Waals surface area contributed by atoms with Gasteiger partial charge in [-0.25, -0.2) is 4.98 Å². The Labute approximate surface area is 165 Å². The average Bonchev–Trinajstić information content (AvgIpc) is 3.12. The maximum Gasteiger partial charge on any atom is 0.224 e. The van der Waals surface area contributed by atoms with E-state index in [0.29, 0.717) is 24.2 Å². The molecule has 1 aliphatic carbocycles. The van der Waals surface area contributed by atoms with Gasteiger partial charge < -0.3 is 20.8 Å². The highest BCUT2D eigenvalue weighted by atomic mass is 32.2. The van der Waals surface area contributed by atoms with Crippen molar-refractivity contribution in [1.82, 2.24) is 9.97 Å². The summed E-state index contributed by atoms with van der Waals surface area (Å²) in [5, 5.41) is 25.8. The van der Waals surface area contributed by atoms with Crippen LogP contribution >= 0.6 is 11.8 Å². The Balaban J connectivity index is 2.37. The number of hydrogen-bond acceptors (Lipinski definition) is 8. The molecule has 1 aromatic rings. The molecule has 1 aromatic heterocycles. The van der Waals surface area contributed by atoms with Gasteiger partial charge in [-0.2, -0.15) is 4.98 Å². The lowest BCUT2D eigenvalue weighted by atomic mass is 10.1. The fraction of sp³-hybridized carbons (Fsp3) is 0.526. The summed E-state index contributed by atoms with van der Waals surface area (Å²) in [6.45, 7) is 10.2. The average molecular weight is 392 g/mol. The summed E-state index contributed by atoms with van der Waals surface area (Å²) in [6, 6.07) is 0.242. The third kappa shape index (κ3) is 5.79. The summed E-state index contributed by atoms with van der Waals surface area (Å²) in [5.74, 6) is 1.50. The van der Waals surface area contributed by atoms with Gasteiger partial charge in [-0.1, -0.05) is 31.0 Å². The Kier molecular flexibility index (Phi) is 8.27. The Bertz CT molecular complexity index is 708. The van der Waals surface area contributed by atoms with Crippen molar-refractivity contribution in [3.8, 4) is 0 Å². The van der Waals surface area contributed by atoms with Crippen LogP contribution in [-0.2, 0) is 0 Å². The van der Waals surface area contributed by atoms with E-state index < -0.39 is 0 Å². The van der Waals surface area contributed by atoms with Crippen LogP contribution in [0.15, 0.2) is 29.1 Å². The van der Waals surface area contributed by atoms with Gasteiger partial charge in [0.2, 0.25) is 5.95 Å². The van der Waals surface area contributed by atoms with E-state index in [1.807, 2.05) is 6.92 Å². The van der Waals surface area contributed by atoms with E-state index >= 15 is 0 Å². The first-order valence-electron chi connectivity index (χ1n) is 9.09. The van der Waals surface area contributed by atoms with E-state index in [1.54, 1.807) is 13.1 Å². The molecule has 27 heavy (non-hydrogen) atoms. The minimum absolute atomic E-state index is 0.00437. The van der Waals surface area contributed by atoms with Gasteiger partial charge in [0.1, 0.15) is 10.9 Å². The molecule has 1 heterocycles. The highest BCUT2D eigenvalue weighted by Crippen LogP contribution is 2.32. The highest BCUT2D eigenvalue weighted by Gasteiger charge is 2.26. The maximum atomic E-state index is 9.41. The van der Waals surface area contributed by atoms with Crippen molar-refractivity contribution in [2.24, 2.45) is 10.9 Å². The van der Waals surface area contributed by atoms with Crippen molar-refractivity contribution < 1.29 is 10.2 Å². The van der Waals surface area contributed by atoms with E-state index in [2.05, 4.69) is 38.8 Å². The van der Waals surface area contributed by atoms with Gasteiger partial charge in [0.15, 0.2) is 0 Å². The fourth-order valence-corrected chi connectivity index (χ4v) is 3.89. The molecule has 2 rings (SSSR count). The summed E-state index contributed by atoms with van der Waals surface area (Å²) in [6.07, 6.45) is 4.58. The SMILES string of the molecule is C=CC(=C)SC(=NC)c1c(C)nc(NCCO)nc1N[C@H]1CC[C@@H](CO)C1. The third-order valence-electron chi connectivity index (χ3n) is 4.50. The van der Waals surface area contributed by atoms with E-state index in [9.17, 15) is 5.11 Å². The molecule has 0 aromatic carbocycles. The number of rotatable bonds is 9. The summed E-state index contributed by atoms with van der Waals surface area (Å²) in [7, 11) is 1.73. The molecule has 7 nitrogen and oxygen atoms in total. The smallest absolute Gasteiger partial charge is 0.224 e. The van der Waals surface area contributed by atoms with E-state index in [1.165, 1.54) is 11.8 Å². The van der Waals surface area contributed by atoms with Crippen LogP contribution in [0.4, 0.5) is 11.8 Å². The van der Waals surface area contributed by atoms with Crippen LogP contribution in [0.25, 0.3) is 0 Å². The number of aliphatic hydroxyl groups is 2. The van der Waals surface area contributed by atoms with Crippen LogP contribution in [0.2, 0.25) is 0 Å². The number of nitrogens with one attached hydrogen (secondary N) is 2. The van der Waals surface area contributed by atoms with Gasteiger partial charge in [-0.15, -0.1) is 0 Å². The van der Waals surface area contributed by atoms with Crippen molar-refractivity contribution in [3.05, 3.63) is 35.4 Å². The summed E-state index contributed by atoms with van der Waals surface area (Å²) >= 11 is 1.43.